The molecule has 3 rings (SSSR count). The molecule has 2 nitrogen and oxygen atoms in total. The van der Waals surface area contributed by atoms with Crippen molar-refractivity contribution >= 4 is 29.2 Å². The molecular weight excluding hydrogens is 288 g/mol. The molecule has 0 radical (unpaired) electrons. The molecule has 0 unspecified atom stereocenters. The Morgan fingerprint density at radius 1 is 1.15 bits per heavy atom. The van der Waals surface area contributed by atoms with Gasteiger partial charge in [-0.05, 0) is 54.7 Å². The monoisotopic (exact) mass is 302 g/mol. The number of nitrogen functional groups attached to an aromatic ring is 1. The molecule has 0 saturated carbocycles. The van der Waals surface area contributed by atoms with Crippen LogP contribution in [0.4, 0.5) is 0 Å². The zero-order chi connectivity index (χ0) is 14.1. The van der Waals surface area contributed by atoms with Crippen molar-refractivity contribution in [2.24, 2.45) is 5.73 Å². The van der Waals surface area contributed by atoms with Crippen molar-refractivity contribution in [1.82, 2.24) is 0 Å². The van der Waals surface area contributed by atoms with Gasteiger partial charge in [-0.1, -0.05) is 35.5 Å². The molecule has 2 aromatic rings. The highest BCUT2D eigenvalue weighted by molar-refractivity contribution is 7.99. The van der Waals surface area contributed by atoms with Crippen LogP contribution >= 0.6 is 23.4 Å². The first-order valence-corrected chi connectivity index (χ1v) is 7.77. The topological polar surface area (TPSA) is 49.9 Å². The highest BCUT2D eigenvalue weighted by Crippen LogP contribution is 2.35. The van der Waals surface area contributed by atoms with Gasteiger partial charge in [0.05, 0.1) is 5.02 Å². The summed E-state index contributed by atoms with van der Waals surface area (Å²) in [5.74, 6) is 0.0132. The quantitative estimate of drug-likeness (QED) is 0.657. The third kappa shape index (κ3) is 2.56. The molecule has 2 aromatic carbocycles. The van der Waals surface area contributed by atoms with Gasteiger partial charge < -0.3 is 5.73 Å². The Labute approximate surface area is 127 Å². The van der Waals surface area contributed by atoms with E-state index in [0.717, 1.165) is 4.90 Å². The lowest BCUT2D eigenvalue weighted by Crippen LogP contribution is -2.12. The Bertz CT molecular complexity index is 682. The van der Waals surface area contributed by atoms with Crippen LogP contribution in [0.25, 0.3) is 0 Å². The first kappa shape index (κ1) is 13.5. The summed E-state index contributed by atoms with van der Waals surface area (Å²) < 4.78 is 0. The molecule has 0 fully saturated rings. The van der Waals surface area contributed by atoms with E-state index in [1.807, 2.05) is 12.1 Å². The van der Waals surface area contributed by atoms with Crippen LogP contribution in [-0.4, -0.2) is 5.84 Å². The van der Waals surface area contributed by atoms with E-state index in [4.69, 9.17) is 22.7 Å². The van der Waals surface area contributed by atoms with E-state index in [-0.39, 0.29) is 5.84 Å². The number of nitrogens with one attached hydrogen (secondary N) is 1. The summed E-state index contributed by atoms with van der Waals surface area (Å²) in [5.41, 5.74) is 9.18. The zero-order valence-electron chi connectivity index (χ0n) is 10.9. The number of fused-ring (bicyclic) bond motifs is 1. The number of halogens is 1. The van der Waals surface area contributed by atoms with Crippen LogP contribution < -0.4 is 5.73 Å². The first-order chi connectivity index (χ1) is 9.65. The van der Waals surface area contributed by atoms with E-state index in [2.05, 4.69) is 18.2 Å². The lowest BCUT2D eigenvalue weighted by atomic mass is 10.1. The molecule has 1 aliphatic rings. The number of hydrogen-bond acceptors (Lipinski definition) is 2. The summed E-state index contributed by atoms with van der Waals surface area (Å²) in [6, 6.07) is 12.2. The van der Waals surface area contributed by atoms with Gasteiger partial charge in [-0.3, -0.25) is 5.41 Å². The Morgan fingerprint density at radius 2 is 1.95 bits per heavy atom. The normalized spacial score (nSPS) is 13.2. The van der Waals surface area contributed by atoms with E-state index in [9.17, 15) is 0 Å². The number of hydrogen-bond donors (Lipinski definition) is 2. The van der Waals surface area contributed by atoms with Gasteiger partial charge in [-0.15, -0.1) is 0 Å². The van der Waals surface area contributed by atoms with Gasteiger partial charge in [0, 0.05) is 15.4 Å². The van der Waals surface area contributed by atoms with Gasteiger partial charge >= 0.3 is 0 Å². The fourth-order valence-corrected chi connectivity index (χ4v) is 3.98. The van der Waals surface area contributed by atoms with Gasteiger partial charge in [0.1, 0.15) is 5.84 Å². The fourth-order valence-electron chi connectivity index (χ4n) is 2.59. The highest BCUT2D eigenvalue weighted by Gasteiger charge is 2.14. The second-order valence-electron chi connectivity index (χ2n) is 4.91. The van der Waals surface area contributed by atoms with Crippen molar-refractivity contribution in [3.05, 3.63) is 58.1 Å². The molecule has 102 valence electrons. The summed E-state index contributed by atoms with van der Waals surface area (Å²) in [7, 11) is 0. The van der Waals surface area contributed by atoms with E-state index in [0.29, 0.717) is 10.6 Å². The number of nitrogens with two attached hydrogens (primary N) is 1. The van der Waals surface area contributed by atoms with E-state index >= 15 is 0 Å². The molecule has 0 bridgehead atoms. The number of benzene rings is 2. The molecule has 0 heterocycles. The summed E-state index contributed by atoms with van der Waals surface area (Å²) in [6.45, 7) is 0. The Hall–Kier alpha value is -1.45. The van der Waals surface area contributed by atoms with Crippen LogP contribution in [0.3, 0.4) is 0 Å². The van der Waals surface area contributed by atoms with Gasteiger partial charge in [0.25, 0.3) is 0 Å². The van der Waals surface area contributed by atoms with E-state index in [1.165, 1.54) is 35.3 Å². The highest BCUT2D eigenvalue weighted by atomic mass is 35.5. The average Bonchev–Trinajstić information content (AvgIpc) is 2.85. The van der Waals surface area contributed by atoms with Crippen molar-refractivity contribution in [2.75, 3.05) is 0 Å². The number of amidine groups is 1. The van der Waals surface area contributed by atoms with Crippen LogP contribution in [0.1, 0.15) is 23.1 Å². The minimum absolute atomic E-state index is 0.0132. The van der Waals surface area contributed by atoms with Crippen molar-refractivity contribution in [2.45, 2.75) is 29.1 Å². The van der Waals surface area contributed by atoms with Crippen LogP contribution in [-0.2, 0) is 12.8 Å². The Morgan fingerprint density at radius 3 is 2.75 bits per heavy atom. The molecule has 0 amide bonds. The van der Waals surface area contributed by atoms with Gasteiger partial charge in [0.15, 0.2) is 0 Å². The zero-order valence-corrected chi connectivity index (χ0v) is 12.5. The average molecular weight is 303 g/mol. The summed E-state index contributed by atoms with van der Waals surface area (Å²) in [5, 5.41) is 8.22. The second-order valence-corrected chi connectivity index (χ2v) is 6.44. The van der Waals surface area contributed by atoms with E-state index < -0.39 is 0 Å². The lowest BCUT2D eigenvalue weighted by Gasteiger charge is -2.10. The summed E-state index contributed by atoms with van der Waals surface area (Å²) in [6.07, 6.45) is 3.61. The molecule has 0 aromatic heterocycles. The smallest absolute Gasteiger partial charge is 0.125 e. The second kappa shape index (κ2) is 5.51. The first-order valence-electron chi connectivity index (χ1n) is 6.58. The molecule has 0 aliphatic heterocycles. The standard InChI is InChI=1S/C16H15ClN2S/c17-13-5-2-6-14(15(13)16(18)19)20-12-8-7-10-3-1-4-11(10)9-12/h2,5-9H,1,3-4H2,(H3,18,19). The van der Waals surface area contributed by atoms with Crippen LogP contribution in [0.15, 0.2) is 46.2 Å². The maximum Gasteiger partial charge on any atom is 0.125 e. The van der Waals surface area contributed by atoms with Crippen molar-refractivity contribution in [1.29, 1.82) is 5.41 Å². The molecule has 0 saturated heterocycles. The third-order valence-electron chi connectivity index (χ3n) is 3.54. The van der Waals surface area contributed by atoms with Crippen LogP contribution in [0, 0.1) is 5.41 Å². The lowest BCUT2D eigenvalue weighted by molar-refractivity contribution is 0.911. The van der Waals surface area contributed by atoms with E-state index in [1.54, 1.807) is 17.8 Å². The van der Waals surface area contributed by atoms with Crippen molar-refractivity contribution in [3.8, 4) is 0 Å². The number of aryl methyl sites for hydroxylation is 2. The fraction of sp³-hybridized carbons (Fsp3) is 0.188. The molecular formula is C16H15ClN2S. The maximum absolute atomic E-state index is 7.69. The molecule has 20 heavy (non-hydrogen) atoms. The third-order valence-corrected chi connectivity index (χ3v) is 4.91. The molecule has 0 spiro atoms. The van der Waals surface area contributed by atoms with Crippen LogP contribution in [0.5, 0.6) is 0 Å². The Balaban J connectivity index is 1.95. The van der Waals surface area contributed by atoms with Gasteiger partial charge in [-0.2, -0.15) is 0 Å². The summed E-state index contributed by atoms with van der Waals surface area (Å²) in [4.78, 5) is 2.11. The van der Waals surface area contributed by atoms with Gasteiger partial charge in [0.2, 0.25) is 0 Å². The molecule has 3 N–H and O–H groups in total. The molecule has 4 heteroatoms. The SMILES string of the molecule is N=C(N)c1c(Cl)cccc1Sc1ccc2c(c1)CCC2. The maximum atomic E-state index is 7.69. The van der Waals surface area contributed by atoms with Gasteiger partial charge in [-0.25, -0.2) is 0 Å². The predicted molar refractivity (Wildman–Crippen MR) is 85.1 cm³/mol. The Kier molecular flexibility index (Phi) is 3.72. The minimum Gasteiger partial charge on any atom is -0.384 e. The molecule has 1 aliphatic carbocycles. The minimum atomic E-state index is 0.0132. The van der Waals surface area contributed by atoms with Crippen molar-refractivity contribution in [3.63, 3.8) is 0 Å². The molecule has 0 atom stereocenters. The largest absolute Gasteiger partial charge is 0.384 e. The predicted octanol–water partition coefficient (Wildman–Crippen LogP) is 4.26. The number of rotatable bonds is 3. The van der Waals surface area contributed by atoms with Crippen LogP contribution in [0.2, 0.25) is 5.02 Å². The van der Waals surface area contributed by atoms with Crippen molar-refractivity contribution < 1.29 is 0 Å². The summed E-state index contributed by atoms with van der Waals surface area (Å²) >= 11 is 7.77.